The van der Waals surface area contributed by atoms with Crippen molar-refractivity contribution in [1.29, 1.82) is 0 Å². The van der Waals surface area contributed by atoms with Crippen molar-refractivity contribution in [2.75, 3.05) is 6.54 Å². The second-order valence-corrected chi connectivity index (χ2v) is 2.39. The lowest BCUT2D eigenvalue weighted by Crippen LogP contribution is -2.30. The number of carbonyl (C=O) groups is 1. The third-order valence-electron chi connectivity index (χ3n) is 1.12. The molecule has 4 nitrogen and oxygen atoms in total. The summed E-state index contributed by atoms with van der Waals surface area (Å²) in [5.74, 6) is -0.349. The summed E-state index contributed by atoms with van der Waals surface area (Å²) >= 11 is 0. The van der Waals surface area contributed by atoms with E-state index in [4.69, 9.17) is 4.74 Å². The second-order valence-electron chi connectivity index (χ2n) is 2.39. The number of carbonyl (C=O) groups excluding carboxylic acids is 1. The molecule has 0 aromatic heterocycles. The third-order valence-corrected chi connectivity index (χ3v) is 1.12. The minimum absolute atomic E-state index is 0. The summed E-state index contributed by atoms with van der Waals surface area (Å²) in [6.07, 6.45) is -0.232. The zero-order valence-electron chi connectivity index (χ0n) is 8.02. The zero-order valence-corrected chi connectivity index (χ0v) is 8.02. The van der Waals surface area contributed by atoms with E-state index in [-0.39, 0.29) is 18.3 Å². The second kappa shape index (κ2) is 6.82. The molecule has 72 valence electrons. The molecule has 0 aromatic rings. The average molecular weight is 174 g/mol. The molecule has 0 saturated heterocycles. The average Bonchev–Trinajstić information content (AvgIpc) is 1.87. The van der Waals surface area contributed by atoms with Gasteiger partial charge in [0.05, 0.1) is 0 Å². The van der Waals surface area contributed by atoms with Crippen LogP contribution < -0.4 is 11.5 Å². The molecule has 0 aromatic carbocycles. The van der Waals surface area contributed by atoms with E-state index in [0.717, 1.165) is 6.54 Å². The Kier molecular flexibility index (Phi) is 7.78. The summed E-state index contributed by atoms with van der Waals surface area (Å²) in [6.45, 7) is 9.61. The van der Waals surface area contributed by atoms with E-state index in [1.165, 1.54) is 0 Å². The molecule has 0 aliphatic heterocycles. The van der Waals surface area contributed by atoms with Gasteiger partial charge in [0.2, 0.25) is 0 Å². The molecule has 1 unspecified atom stereocenters. The van der Waals surface area contributed by atoms with Gasteiger partial charge in [-0.3, -0.25) is 5.32 Å². The summed E-state index contributed by atoms with van der Waals surface area (Å²) in [4.78, 5) is 10.9. The molecule has 0 rings (SSSR count). The summed E-state index contributed by atoms with van der Waals surface area (Å²) in [5.41, 5.74) is 0.426. The smallest absolute Gasteiger partial charge is 0.334 e. The van der Waals surface area contributed by atoms with Crippen LogP contribution in [0.1, 0.15) is 20.8 Å². The van der Waals surface area contributed by atoms with Crippen molar-refractivity contribution < 1.29 is 9.53 Å². The maximum Gasteiger partial charge on any atom is 0.334 e. The maximum absolute atomic E-state index is 10.9. The van der Waals surface area contributed by atoms with Crippen LogP contribution in [0.2, 0.25) is 0 Å². The fourth-order valence-corrected chi connectivity index (χ4v) is 0.590. The highest BCUT2D eigenvalue weighted by Crippen LogP contribution is 1.94. The topological polar surface area (TPSA) is 73.3 Å². The Morgan fingerprint density at radius 1 is 1.67 bits per heavy atom. The number of hydrogen-bond donors (Lipinski definition) is 2. The molecule has 0 fully saturated rings. The van der Waals surface area contributed by atoms with E-state index >= 15 is 0 Å². The monoisotopic (exact) mass is 174 g/mol. The molecule has 0 aliphatic carbocycles. The molecule has 12 heavy (non-hydrogen) atoms. The van der Waals surface area contributed by atoms with Gasteiger partial charge in [-0.05, 0) is 20.4 Å². The number of esters is 1. The summed E-state index contributed by atoms with van der Waals surface area (Å²) in [6, 6.07) is 0. The first-order valence-corrected chi connectivity index (χ1v) is 3.67. The molecular weight excluding hydrogens is 156 g/mol. The van der Waals surface area contributed by atoms with Crippen LogP contribution in [-0.4, -0.2) is 18.7 Å². The molecule has 4 N–H and O–H groups in total. The minimum atomic E-state index is -0.349. The van der Waals surface area contributed by atoms with Gasteiger partial charge in [0.25, 0.3) is 0 Å². The van der Waals surface area contributed by atoms with Crippen molar-refractivity contribution in [3.8, 4) is 0 Å². The first-order chi connectivity index (χ1) is 5.07. The van der Waals surface area contributed by atoms with Gasteiger partial charge in [0.15, 0.2) is 6.23 Å². The van der Waals surface area contributed by atoms with Gasteiger partial charge in [-0.1, -0.05) is 13.5 Å². The zero-order chi connectivity index (χ0) is 8.85. The Labute approximate surface area is 73.6 Å². The van der Waals surface area contributed by atoms with Gasteiger partial charge in [0, 0.05) is 5.57 Å². The number of hydrogen-bond acceptors (Lipinski definition) is 4. The largest absolute Gasteiger partial charge is 0.444 e. The van der Waals surface area contributed by atoms with Crippen LogP contribution in [0.25, 0.3) is 0 Å². The fraction of sp³-hybridized carbons (Fsp3) is 0.625. The molecule has 0 aliphatic rings. The van der Waals surface area contributed by atoms with Crippen molar-refractivity contribution in [3.63, 3.8) is 0 Å². The van der Waals surface area contributed by atoms with Gasteiger partial charge in [-0.15, -0.1) is 0 Å². The Hall–Kier alpha value is -0.870. The lowest BCUT2D eigenvalue weighted by atomic mass is 10.4. The van der Waals surface area contributed by atoms with Crippen LogP contribution in [0.5, 0.6) is 0 Å². The van der Waals surface area contributed by atoms with E-state index in [1.54, 1.807) is 13.8 Å². The van der Waals surface area contributed by atoms with Crippen molar-refractivity contribution >= 4 is 5.97 Å². The molecular formula is C8H18N2O2. The van der Waals surface area contributed by atoms with Gasteiger partial charge >= 0.3 is 5.97 Å². The molecule has 0 saturated carbocycles. The first-order valence-electron chi connectivity index (χ1n) is 3.67. The van der Waals surface area contributed by atoms with Gasteiger partial charge in [-0.25, -0.2) is 4.79 Å². The fourth-order valence-electron chi connectivity index (χ4n) is 0.590. The Morgan fingerprint density at radius 2 is 2.17 bits per heavy atom. The van der Waals surface area contributed by atoms with Crippen LogP contribution in [0.15, 0.2) is 12.2 Å². The summed E-state index contributed by atoms with van der Waals surface area (Å²) < 4.78 is 4.90. The number of ether oxygens (including phenoxy) is 1. The van der Waals surface area contributed by atoms with Crippen LogP contribution in [-0.2, 0) is 9.53 Å². The predicted octanol–water partition coefficient (Wildman–Crippen LogP) is 1.22. The molecule has 0 heterocycles. The minimum Gasteiger partial charge on any atom is -0.444 e. The van der Waals surface area contributed by atoms with E-state index in [9.17, 15) is 4.79 Å². The maximum atomic E-state index is 10.9. The van der Waals surface area contributed by atoms with Crippen molar-refractivity contribution in [2.45, 2.75) is 27.0 Å². The quantitative estimate of drug-likeness (QED) is 0.382. The molecule has 0 spiro atoms. The van der Waals surface area contributed by atoms with E-state index in [2.05, 4.69) is 11.9 Å². The number of rotatable bonds is 4. The first kappa shape index (κ1) is 13.7. The highest BCUT2D eigenvalue weighted by Gasteiger charge is 2.07. The van der Waals surface area contributed by atoms with Crippen LogP contribution in [0.3, 0.4) is 0 Å². The lowest BCUT2D eigenvalue weighted by Gasteiger charge is -2.12. The Bertz CT molecular complexity index is 157. The lowest BCUT2D eigenvalue weighted by molar-refractivity contribution is -0.144. The standard InChI is InChI=1S/C8H15NO2.H3N/c1-5-9-7(4)11-8(10)6(2)3;/h7,9H,2,5H2,1,3-4H3;1H3. The Balaban J connectivity index is 0. The highest BCUT2D eigenvalue weighted by atomic mass is 16.6. The van der Waals surface area contributed by atoms with Crippen LogP contribution in [0, 0.1) is 0 Å². The summed E-state index contributed by atoms with van der Waals surface area (Å²) in [7, 11) is 0. The normalized spacial score (nSPS) is 11.2. The van der Waals surface area contributed by atoms with Crippen LogP contribution in [0.4, 0.5) is 0 Å². The van der Waals surface area contributed by atoms with Crippen LogP contribution >= 0.6 is 0 Å². The van der Waals surface area contributed by atoms with Gasteiger partial charge in [-0.2, -0.15) is 0 Å². The molecule has 0 radical (unpaired) electrons. The van der Waals surface area contributed by atoms with Crippen molar-refractivity contribution in [3.05, 3.63) is 12.2 Å². The van der Waals surface area contributed by atoms with Crippen molar-refractivity contribution in [2.24, 2.45) is 0 Å². The Morgan fingerprint density at radius 3 is 2.50 bits per heavy atom. The predicted molar refractivity (Wildman–Crippen MR) is 49.1 cm³/mol. The molecule has 1 atom stereocenters. The van der Waals surface area contributed by atoms with Gasteiger partial charge in [0.1, 0.15) is 0 Å². The molecule has 0 amide bonds. The third kappa shape index (κ3) is 5.88. The highest BCUT2D eigenvalue weighted by molar-refractivity contribution is 5.87. The molecule has 0 bridgehead atoms. The SMILES string of the molecule is C=C(C)C(=O)OC(C)NCC.N. The van der Waals surface area contributed by atoms with Crippen molar-refractivity contribution in [1.82, 2.24) is 11.5 Å². The van der Waals surface area contributed by atoms with Gasteiger partial charge < -0.3 is 10.9 Å². The summed E-state index contributed by atoms with van der Waals surface area (Å²) in [5, 5.41) is 2.95. The van der Waals surface area contributed by atoms with E-state index < -0.39 is 0 Å². The van der Waals surface area contributed by atoms with E-state index in [1.807, 2.05) is 6.92 Å². The number of nitrogens with one attached hydrogen (secondary N) is 1. The van der Waals surface area contributed by atoms with E-state index in [0.29, 0.717) is 5.57 Å². The molecule has 4 heteroatoms.